The SMILES string of the molecule is Cc1ccc(C[C@@H](C#N)Sc2nc3ccccc3nc2C)cc1. The predicted octanol–water partition coefficient (Wildman–Crippen LogP) is 4.47. The summed E-state index contributed by atoms with van der Waals surface area (Å²) >= 11 is 1.49. The normalized spacial score (nSPS) is 12.0. The van der Waals surface area contributed by atoms with Crippen LogP contribution >= 0.6 is 11.8 Å². The fraction of sp³-hybridized carbons (Fsp3) is 0.211. The molecule has 3 nitrogen and oxygen atoms in total. The number of aromatic nitrogens is 2. The lowest BCUT2D eigenvalue weighted by molar-refractivity contribution is 0.994. The third-order valence-corrected chi connectivity index (χ3v) is 4.81. The van der Waals surface area contributed by atoms with Gasteiger partial charge in [-0.1, -0.05) is 53.7 Å². The first-order valence-corrected chi connectivity index (χ1v) is 8.39. The van der Waals surface area contributed by atoms with Crippen molar-refractivity contribution < 1.29 is 0 Å². The van der Waals surface area contributed by atoms with Crippen LogP contribution in [-0.2, 0) is 6.42 Å². The fourth-order valence-electron chi connectivity index (χ4n) is 2.37. The lowest BCUT2D eigenvalue weighted by Crippen LogP contribution is -2.06. The summed E-state index contributed by atoms with van der Waals surface area (Å²) in [5.41, 5.74) is 5.03. The Kier molecular flexibility index (Phi) is 4.59. The summed E-state index contributed by atoms with van der Waals surface area (Å²) in [5.74, 6) is 0. The Bertz CT molecular complexity index is 866. The highest BCUT2D eigenvalue weighted by Gasteiger charge is 2.14. The number of hydrogen-bond acceptors (Lipinski definition) is 4. The summed E-state index contributed by atoms with van der Waals surface area (Å²) in [5, 5.41) is 10.1. The highest BCUT2D eigenvalue weighted by atomic mass is 32.2. The van der Waals surface area contributed by atoms with Crippen molar-refractivity contribution >= 4 is 22.8 Å². The topological polar surface area (TPSA) is 49.6 Å². The van der Waals surface area contributed by atoms with E-state index in [0.717, 1.165) is 21.8 Å². The molecule has 114 valence electrons. The molecule has 0 amide bonds. The number of hydrogen-bond donors (Lipinski definition) is 0. The van der Waals surface area contributed by atoms with Gasteiger partial charge in [0.05, 0.1) is 22.8 Å². The van der Waals surface area contributed by atoms with Crippen molar-refractivity contribution in [2.24, 2.45) is 0 Å². The molecule has 3 rings (SSSR count). The van der Waals surface area contributed by atoms with Gasteiger partial charge in [-0.3, -0.25) is 0 Å². The van der Waals surface area contributed by atoms with Crippen LogP contribution in [0.1, 0.15) is 16.8 Å². The van der Waals surface area contributed by atoms with E-state index >= 15 is 0 Å². The smallest absolute Gasteiger partial charge is 0.119 e. The third kappa shape index (κ3) is 3.69. The zero-order valence-corrected chi connectivity index (χ0v) is 14.0. The van der Waals surface area contributed by atoms with E-state index in [1.807, 2.05) is 31.2 Å². The predicted molar refractivity (Wildman–Crippen MR) is 94.4 cm³/mol. The van der Waals surface area contributed by atoms with Crippen molar-refractivity contribution in [3.63, 3.8) is 0 Å². The van der Waals surface area contributed by atoms with Crippen LogP contribution < -0.4 is 0 Å². The maximum atomic E-state index is 9.49. The van der Waals surface area contributed by atoms with E-state index in [0.29, 0.717) is 6.42 Å². The lowest BCUT2D eigenvalue weighted by atomic mass is 10.1. The van der Waals surface area contributed by atoms with Crippen LogP contribution in [0.15, 0.2) is 53.6 Å². The molecule has 1 atom stereocenters. The van der Waals surface area contributed by atoms with Gasteiger partial charge in [-0.15, -0.1) is 0 Å². The Balaban J connectivity index is 1.82. The van der Waals surface area contributed by atoms with E-state index in [9.17, 15) is 5.26 Å². The van der Waals surface area contributed by atoms with Gasteiger partial charge in [-0.05, 0) is 38.0 Å². The quantitative estimate of drug-likeness (QED) is 0.666. The first kappa shape index (κ1) is 15.5. The Labute approximate surface area is 140 Å². The van der Waals surface area contributed by atoms with Crippen molar-refractivity contribution in [3.8, 4) is 6.07 Å². The molecule has 0 saturated carbocycles. The minimum Gasteiger partial charge on any atom is -0.249 e. The first-order valence-electron chi connectivity index (χ1n) is 7.51. The maximum Gasteiger partial charge on any atom is 0.119 e. The van der Waals surface area contributed by atoms with Crippen molar-refractivity contribution in [2.45, 2.75) is 30.5 Å². The van der Waals surface area contributed by atoms with Gasteiger partial charge in [0.15, 0.2) is 0 Å². The fourth-order valence-corrected chi connectivity index (χ4v) is 3.34. The number of para-hydroxylation sites is 2. The highest BCUT2D eigenvalue weighted by molar-refractivity contribution is 8.00. The Morgan fingerprint density at radius 1 is 1.00 bits per heavy atom. The summed E-state index contributed by atoms with van der Waals surface area (Å²) in [7, 11) is 0. The van der Waals surface area contributed by atoms with Crippen molar-refractivity contribution in [3.05, 3.63) is 65.4 Å². The number of benzene rings is 2. The number of nitrogens with zero attached hydrogens (tertiary/aromatic N) is 3. The van der Waals surface area contributed by atoms with Crippen LogP contribution in [0.3, 0.4) is 0 Å². The summed E-state index contributed by atoms with van der Waals surface area (Å²) in [6, 6.07) is 18.5. The largest absolute Gasteiger partial charge is 0.249 e. The number of aryl methyl sites for hydroxylation is 2. The van der Waals surface area contributed by atoms with Gasteiger partial charge in [-0.2, -0.15) is 5.26 Å². The molecule has 2 aromatic carbocycles. The lowest BCUT2D eigenvalue weighted by Gasteiger charge is -2.11. The van der Waals surface area contributed by atoms with Gasteiger partial charge in [0.1, 0.15) is 10.3 Å². The summed E-state index contributed by atoms with van der Waals surface area (Å²) in [6.45, 7) is 4.01. The molecule has 0 unspecified atom stereocenters. The second-order valence-corrected chi connectivity index (χ2v) is 6.72. The molecule has 0 fully saturated rings. The van der Waals surface area contributed by atoms with E-state index in [1.165, 1.54) is 22.9 Å². The summed E-state index contributed by atoms with van der Waals surface area (Å²) < 4.78 is 0. The molecule has 3 aromatic rings. The Hall–Kier alpha value is -2.38. The van der Waals surface area contributed by atoms with Gasteiger partial charge < -0.3 is 0 Å². The van der Waals surface area contributed by atoms with E-state index in [1.54, 1.807) is 0 Å². The molecule has 0 aliphatic heterocycles. The Morgan fingerprint density at radius 3 is 2.30 bits per heavy atom. The number of fused-ring (bicyclic) bond motifs is 1. The van der Waals surface area contributed by atoms with E-state index in [2.05, 4.69) is 47.2 Å². The standard InChI is InChI=1S/C19H17N3S/c1-13-7-9-15(10-8-13)11-16(12-20)23-19-14(2)21-17-5-3-4-6-18(17)22-19/h3-10,16H,11H2,1-2H3/t16-/m0/s1. The first-order chi connectivity index (χ1) is 11.2. The number of nitriles is 1. The molecule has 0 bridgehead atoms. The zero-order chi connectivity index (χ0) is 16.2. The van der Waals surface area contributed by atoms with Crippen LogP contribution in [0.5, 0.6) is 0 Å². The molecular formula is C19H17N3S. The summed E-state index contributed by atoms with van der Waals surface area (Å²) in [6.07, 6.45) is 0.704. The third-order valence-electron chi connectivity index (χ3n) is 3.64. The minimum absolute atomic E-state index is 0.174. The number of thioether (sulfide) groups is 1. The average Bonchev–Trinajstić information content (AvgIpc) is 2.56. The molecule has 0 radical (unpaired) electrons. The van der Waals surface area contributed by atoms with Crippen molar-refractivity contribution in [1.82, 2.24) is 9.97 Å². The van der Waals surface area contributed by atoms with E-state index in [-0.39, 0.29) is 5.25 Å². The average molecular weight is 319 g/mol. The molecule has 0 aliphatic carbocycles. The van der Waals surface area contributed by atoms with Gasteiger partial charge in [0.25, 0.3) is 0 Å². The van der Waals surface area contributed by atoms with Gasteiger partial charge >= 0.3 is 0 Å². The molecule has 23 heavy (non-hydrogen) atoms. The van der Waals surface area contributed by atoms with Gasteiger partial charge in [0.2, 0.25) is 0 Å². The van der Waals surface area contributed by atoms with Gasteiger partial charge in [0, 0.05) is 0 Å². The van der Waals surface area contributed by atoms with Crippen LogP contribution in [0.4, 0.5) is 0 Å². The highest BCUT2D eigenvalue weighted by Crippen LogP contribution is 2.27. The van der Waals surface area contributed by atoms with E-state index < -0.39 is 0 Å². The van der Waals surface area contributed by atoms with Crippen LogP contribution in [0, 0.1) is 25.2 Å². The van der Waals surface area contributed by atoms with Crippen molar-refractivity contribution in [1.29, 1.82) is 5.26 Å². The second-order valence-electron chi connectivity index (χ2n) is 5.53. The molecule has 0 spiro atoms. The summed E-state index contributed by atoms with van der Waals surface area (Å²) in [4.78, 5) is 9.26. The molecule has 1 heterocycles. The molecule has 0 aliphatic rings. The zero-order valence-electron chi connectivity index (χ0n) is 13.2. The van der Waals surface area contributed by atoms with Crippen molar-refractivity contribution in [2.75, 3.05) is 0 Å². The monoisotopic (exact) mass is 319 g/mol. The molecular weight excluding hydrogens is 302 g/mol. The van der Waals surface area contributed by atoms with Crippen LogP contribution in [0.2, 0.25) is 0 Å². The van der Waals surface area contributed by atoms with Gasteiger partial charge in [-0.25, -0.2) is 9.97 Å². The van der Waals surface area contributed by atoms with Crippen LogP contribution in [0.25, 0.3) is 11.0 Å². The molecule has 0 N–H and O–H groups in total. The second kappa shape index (κ2) is 6.80. The number of rotatable bonds is 4. The molecule has 0 saturated heterocycles. The maximum absolute atomic E-state index is 9.49. The Morgan fingerprint density at radius 2 is 1.65 bits per heavy atom. The van der Waals surface area contributed by atoms with Crippen LogP contribution in [-0.4, -0.2) is 15.2 Å². The molecule has 1 aromatic heterocycles. The van der Waals surface area contributed by atoms with E-state index in [4.69, 9.17) is 0 Å². The minimum atomic E-state index is -0.174. The molecule has 4 heteroatoms.